The number of hydrogen-bond donors (Lipinski definition) is 1. The van der Waals surface area contributed by atoms with Crippen LogP contribution in [0.4, 0.5) is 0 Å². The van der Waals surface area contributed by atoms with E-state index in [9.17, 15) is 0 Å². The second-order valence-corrected chi connectivity index (χ2v) is 3.83. The Morgan fingerprint density at radius 1 is 1.46 bits per heavy atom. The topological polar surface area (TPSA) is 39.6 Å². The molecule has 0 unspecified atom stereocenters. The average molecular weight is 256 g/mol. The van der Waals surface area contributed by atoms with Crippen LogP contribution in [-0.4, -0.2) is 4.98 Å². The molecule has 1 aromatic heterocycles. The van der Waals surface area contributed by atoms with Crippen LogP contribution in [0.5, 0.6) is 0 Å². The summed E-state index contributed by atoms with van der Waals surface area (Å²) in [6, 6.07) is 5.81. The highest BCUT2D eigenvalue weighted by atomic mass is 79.9. The van der Waals surface area contributed by atoms with Crippen molar-refractivity contribution in [3.63, 3.8) is 0 Å². The van der Waals surface area contributed by atoms with Crippen LogP contribution in [0.3, 0.4) is 0 Å². The van der Waals surface area contributed by atoms with E-state index in [0.29, 0.717) is 10.6 Å². The predicted molar refractivity (Wildman–Crippen MR) is 55.7 cm³/mol. The summed E-state index contributed by atoms with van der Waals surface area (Å²) in [7, 11) is 0. The van der Waals surface area contributed by atoms with Crippen molar-refractivity contribution >= 4 is 38.4 Å². The van der Waals surface area contributed by atoms with Gasteiger partial charge in [-0.15, -0.1) is 0 Å². The number of nitriles is 1. The number of nitrogens with one attached hydrogen (secondary N) is 1. The van der Waals surface area contributed by atoms with Crippen molar-refractivity contribution in [2.24, 2.45) is 0 Å². The van der Waals surface area contributed by atoms with Gasteiger partial charge in [-0.2, -0.15) is 5.26 Å². The van der Waals surface area contributed by atoms with Crippen LogP contribution in [-0.2, 0) is 0 Å². The van der Waals surface area contributed by atoms with Crippen molar-refractivity contribution in [2.75, 3.05) is 0 Å². The molecular formula is C9H4BrClN2. The SMILES string of the molecule is N#Cc1c[nH]c2ccc(Br)c(Cl)c12. The van der Waals surface area contributed by atoms with E-state index in [1.807, 2.05) is 12.1 Å². The number of nitrogens with zero attached hydrogens (tertiary/aromatic N) is 1. The van der Waals surface area contributed by atoms with Gasteiger partial charge in [0, 0.05) is 21.6 Å². The second-order valence-electron chi connectivity index (χ2n) is 2.60. The number of benzene rings is 1. The summed E-state index contributed by atoms with van der Waals surface area (Å²) < 4.78 is 0.803. The Hall–Kier alpha value is -0.980. The minimum atomic E-state index is 0.571. The molecule has 0 aliphatic carbocycles. The normalized spacial score (nSPS) is 10.2. The zero-order chi connectivity index (χ0) is 9.42. The van der Waals surface area contributed by atoms with Crippen molar-refractivity contribution in [3.05, 3.63) is 33.4 Å². The van der Waals surface area contributed by atoms with E-state index >= 15 is 0 Å². The van der Waals surface area contributed by atoms with E-state index in [-0.39, 0.29) is 0 Å². The molecule has 0 aliphatic heterocycles. The van der Waals surface area contributed by atoms with Gasteiger partial charge in [-0.25, -0.2) is 0 Å². The van der Waals surface area contributed by atoms with Crippen LogP contribution in [0.1, 0.15) is 5.56 Å². The maximum atomic E-state index is 8.80. The molecule has 2 aromatic rings. The Kier molecular flexibility index (Phi) is 2.03. The van der Waals surface area contributed by atoms with Crippen LogP contribution >= 0.6 is 27.5 Å². The first-order chi connectivity index (χ1) is 6.24. The highest BCUT2D eigenvalue weighted by molar-refractivity contribution is 9.10. The largest absolute Gasteiger partial charge is 0.360 e. The minimum absolute atomic E-state index is 0.571. The molecule has 2 rings (SSSR count). The highest BCUT2D eigenvalue weighted by Gasteiger charge is 2.09. The molecule has 0 aliphatic rings. The number of halogens is 2. The van der Waals surface area contributed by atoms with E-state index in [2.05, 4.69) is 27.0 Å². The smallest absolute Gasteiger partial charge is 0.101 e. The van der Waals surface area contributed by atoms with Gasteiger partial charge >= 0.3 is 0 Å². The van der Waals surface area contributed by atoms with Gasteiger partial charge in [-0.3, -0.25) is 0 Å². The van der Waals surface area contributed by atoms with Gasteiger partial charge < -0.3 is 4.98 Å². The average Bonchev–Trinajstić information content (AvgIpc) is 2.55. The molecule has 1 N–H and O–H groups in total. The third kappa shape index (κ3) is 1.23. The van der Waals surface area contributed by atoms with Gasteiger partial charge in [0.05, 0.1) is 10.6 Å². The van der Waals surface area contributed by atoms with Crippen molar-refractivity contribution < 1.29 is 0 Å². The summed E-state index contributed by atoms with van der Waals surface area (Å²) >= 11 is 9.34. The van der Waals surface area contributed by atoms with Crippen molar-refractivity contribution in [1.82, 2.24) is 4.98 Å². The van der Waals surface area contributed by atoms with Crippen molar-refractivity contribution in [1.29, 1.82) is 5.26 Å². The van der Waals surface area contributed by atoms with E-state index in [1.54, 1.807) is 6.20 Å². The fourth-order valence-electron chi connectivity index (χ4n) is 1.24. The van der Waals surface area contributed by atoms with Crippen LogP contribution in [0.2, 0.25) is 5.02 Å². The standard InChI is InChI=1S/C9H4BrClN2/c10-6-1-2-7-8(9(6)11)5(3-12)4-13-7/h1-2,4,13H. The van der Waals surface area contributed by atoms with Gasteiger partial charge in [0.15, 0.2) is 0 Å². The maximum absolute atomic E-state index is 8.80. The van der Waals surface area contributed by atoms with Gasteiger partial charge in [-0.05, 0) is 28.1 Å². The van der Waals surface area contributed by atoms with Crippen molar-refractivity contribution in [3.8, 4) is 6.07 Å². The zero-order valence-corrected chi connectivity index (χ0v) is 8.78. The second kappa shape index (κ2) is 3.06. The Morgan fingerprint density at radius 3 is 2.92 bits per heavy atom. The molecule has 13 heavy (non-hydrogen) atoms. The Bertz CT molecular complexity index is 510. The van der Waals surface area contributed by atoms with Crippen LogP contribution in [0.25, 0.3) is 10.9 Å². The number of aromatic nitrogens is 1. The van der Waals surface area contributed by atoms with Crippen LogP contribution in [0.15, 0.2) is 22.8 Å². The lowest BCUT2D eigenvalue weighted by molar-refractivity contribution is 1.45. The van der Waals surface area contributed by atoms with E-state index in [4.69, 9.17) is 16.9 Å². The fourth-order valence-corrected chi connectivity index (χ4v) is 1.84. The summed E-state index contributed by atoms with van der Waals surface area (Å²) in [5.74, 6) is 0. The molecule has 64 valence electrons. The molecule has 1 heterocycles. The lowest BCUT2D eigenvalue weighted by Crippen LogP contribution is -1.74. The van der Waals surface area contributed by atoms with Crippen LogP contribution in [0, 0.1) is 11.3 Å². The number of aromatic amines is 1. The van der Waals surface area contributed by atoms with E-state index < -0.39 is 0 Å². The van der Waals surface area contributed by atoms with Crippen molar-refractivity contribution in [2.45, 2.75) is 0 Å². The zero-order valence-electron chi connectivity index (χ0n) is 6.44. The predicted octanol–water partition coefficient (Wildman–Crippen LogP) is 3.46. The minimum Gasteiger partial charge on any atom is -0.360 e. The maximum Gasteiger partial charge on any atom is 0.101 e. The summed E-state index contributed by atoms with van der Waals surface area (Å²) in [6.45, 7) is 0. The Labute approximate surface area is 88.3 Å². The molecule has 4 heteroatoms. The molecule has 0 fully saturated rings. The lowest BCUT2D eigenvalue weighted by atomic mass is 10.2. The number of fused-ring (bicyclic) bond motifs is 1. The molecule has 2 nitrogen and oxygen atoms in total. The lowest BCUT2D eigenvalue weighted by Gasteiger charge is -1.97. The first-order valence-corrected chi connectivity index (χ1v) is 4.76. The molecule has 0 atom stereocenters. The summed E-state index contributed by atoms with van der Waals surface area (Å²) in [6.07, 6.45) is 1.66. The summed E-state index contributed by atoms with van der Waals surface area (Å²) in [4.78, 5) is 2.98. The molecule has 0 spiro atoms. The summed E-state index contributed by atoms with van der Waals surface area (Å²) in [5.41, 5.74) is 1.45. The molecule has 1 aromatic carbocycles. The number of hydrogen-bond acceptors (Lipinski definition) is 1. The third-order valence-electron chi connectivity index (χ3n) is 1.86. The molecule has 0 amide bonds. The highest BCUT2D eigenvalue weighted by Crippen LogP contribution is 2.32. The summed E-state index contributed by atoms with van der Waals surface area (Å²) in [5, 5.41) is 10.2. The fraction of sp³-hybridized carbons (Fsp3) is 0. The third-order valence-corrected chi connectivity index (χ3v) is 3.14. The Balaban J connectivity index is 2.95. The first-order valence-electron chi connectivity index (χ1n) is 3.59. The van der Waals surface area contributed by atoms with E-state index in [1.165, 1.54) is 0 Å². The number of rotatable bonds is 0. The first kappa shape index (κ1) is 8.61. The quantitative estimate of drug-likeness (QED) is 0.769. The monoisotopic (exact) mass is 254 g/mol. The van der Waals surface area contributed by atoms with Gasteiger partial charge in [-0.1, -0.05) is 11.6 Å². The Morgan fingerprint density at radius 2 is 2.23 bits per heavy atom. The van der Waals surface area contributed by atoms with E-state index in [0.717, 1.165) is 15.4 Å². The molecule has 0 radical (unpaired) electrons. The molecule has 0 saturated heterocycles. The van der Waals surface area contributed by atoms with Gasteiger partial charge in [0.2, 0.25) is 0 Å². The molecular weight excluding hydrogens is 251 g/mol. The van der Waals surface area contributed by atoms with Crippen LogP contribution < -0.4 is 0 Å². The number of H-pyrrole nitrogens is 1. The van der Waals surface area contributed by atoms with Gasteiger partial charge in [0.25, 0.3) is 0 Å². The molecule has 0 bridgehead atoms. The van der Waals surface area contributed by atoms with Gasteiger partial charge in [0.1, 0.15) is 6.07 Å². The molecule has 0 saturated carbocycles.